The van der Waals surface area contributed by atoms with Gasteiger partial charge in [0.1, 0.15) is 5.75 Å². The van der Waals surface area contributed by atoms with E-state index in [-0.39, 0.29) is 11.3 Å². The summed E-state index contributed by atoms with van der Waals surface area (Å²) < 4.78 is 5.13. The van der Waals surface area contributed by atoms with Crippen molar-refractivity contribution in [1.29, 1.82) is 0 Å². The van der Waals surface area contributed by atoms with E-state index >= 15 is 0 Å². The monoisotopic (exact) mass is 309 g/mol. The first kappa shape index (κ1) is 15.6. The summed E-state index contributed by atoms with van der Waals surface area (Å²) in [6, 6.07) is 17.8. The molecule has 3 rings (SSSR count). The smallest absolute Gasteiger partial charge is 0.251 e. The van der Waals surface area contributed by atoms with Gasteiger partial charge in [-0.3, -0.25) is 4.79 Å². The zero-order valence-corrected chi connectivity index (χ0v) is 13.5. The second-order valence-corrected chi connectivity index (χ2v) is 6.26. The Morgan fingerprint density at radius 3 is 2.30 bits per heavy atom. The number of amides is 1. The highest BCUT2D eigenvalue weighted by atomic mass is 16.5. The third-order valence-corrected chi connectivity index (χ3v) is 4.89. The van der Waals surface area contributed by atoms with Gasteiger partial charge in [0, 0.05) is 17.5 Å². The first-order valence-electron chi connectivity index (χ1n) is 8.21. The quantitative estimate of drug-likeness (QED) is 0.908. The fourth-order valence-corrected chi connectivity index (χ4v) is 3.50. The van der Waals surface area contributed by atoms with Gasteiger partial charge in [-0.1, -0.05) is 43.2 Å². The highest BCUT2D eigenvalue weighted by Gasteiger charge is 2.35. The van der Waals surface area contributed by atoms with Crippen LogP contribution in [0, 0.1) is 0 Å². The van der Waals surface area contributed by atoms with E-state index in [1.54, 1.807) is 19.2 Å². The lowest BCUT2D eigenvalue weighted by molar-refractivity contribution is 0.0943. The summed E-state index contributed by atoms with van der Waals surface area (Å²) in [5, 5.41) is 3.14. The average molecular weight is 309 g/mol. The standard InChI is InChI=1S/C20H23NO2/c1-23-18-11-9-16(10-12-18)19(22)21-15-20(13-5-6-14-20)17-7-3-2-4-8-17/h2-4,7-12H,5-6,13-15H2,1H3,(H,21,22). The van der Waals surface area contributed by atoms with Gasteiger partial charge in [-0.05, 0) is 42.7 Å². The number of ether oxygens (including phenoxy) is 1. The van der Waals surface area contributed by atoms with Crippen molar-refractivity contribution >= 4 is 5.91 Å². The molecule has 1 amide bonds. The van der Waals surface area contributed by atoms with E-state index in [0.29, 0.717) is 12.1 Å². The summed E-state index contributed by atoms with van der Waals surface area (Å²) >= 11 is 0. The summed E-state index contributed by atoms with van der Waals surface area (Å²) in [7, 11) is 1.62. The Morgan fingerprint density at radius 2 is 1.70 bits per heavy atom. The molecule has 1 fully saturated rings. The van der Waals surface area contributed by atoms with Crippen molar-refractivity contribution in [3.8, 4) is 5.75 Å². The number of rotatable bonds is 5. The molecule has 0 radical (unpaired) electrons. The minimum absolute atomic E-state index is 0.0186. The van der Waals surface area contributed by atoms with Gasteiger partial charge in [0.15, 0.2) is 0 Å². The van der Waals surface area contributed by atoms with Crippen molar-refractivity contribution in [3.63, 3.8) is 0 Å². The maximum atomic E-state index is 12.4. The van der Waals surface area contributed by atoms with Gasteiger partial charge in [0.25, 0.3) is 5.91 Å². The van der Waals surface area contributed by atoms with Gasteiger partial charge in [-0.25, -0.2) is 0 Å². The van der Waals surface area contributed by atoms with Crippen molar-refractivity contribution in [2.75, 3.05) is 13.7 Å². The molecule has 1 saturated carbocycles. The van der Waals surface area contributed by atoms with Crippen LogP contribution in [0.1, 0.15) is 41.6 Å². The van der Waals surface area contributed by atoms with Crippen molar-refractivity contribution < 1.29 is 9.53 Å². The average Bonchev–Trinajstić information content (AvgIpc) is 3.11. The maximum absolute atomic E-state index is 12.4. The minimum Gasteiger partial charge on any atom is -0.497 e. The molecule has 1 aliphatic carbocycles. The van der Waals surface area contributed by atoms with E-state index in [1.165, 1.54) is 18.4 Å². The second kappa shape index (κ2) is 6.86. The molecule has 0 heterocycles. The molecule has 0 unspecified atom stereocenters. The Balaban J connectivity index is 1.70. The van der Waals surface area contributed by atoms with Crippen LogP contribution in [0.15, 0.2) is 54.6 Å². The summed E-state index contributed by atoms with van der Waals surface area (Å²) in [5.41, 5.74) is 2.10. The van der Waals surface area contributed by atoms with Gasteiger partial charge in [-0.15, -0.1) is 0 Å². The second-order valence-electron chi connectivity index (χ2n) is 6.26. The van der Waals surface area contributed by atoms with Crippen molar-refractivity contribution in [1.82, 2.24) is 5.32 Å². The summed E-state index contributed by atoms with van der Waals surface area (Å²) in [6.07, 6.45) is 4.74. The van der Waals surface area contributed by atoms with Crippen LogP contribution in [0.4, 0.5) is 0 Å². The van der Waals surface area contributed by atoms with Gasteiger partial charge in [0.05, 0.1) is 7.11 Å². The molecule has 0 spiro atoms. The van der Waals surface area contributed by atoms with Crippen LogP contribution in [0.3, 0.4) is 0 Å². The van der Waals surface area contributed by atoms with Crippen molar-refractivity contribution in [2.45, 2.75) is 31.1 Å². The largest absolute Gasteiger partial charge is 0.497 e. The molecule has 0 bridgehead atoms. The molecule has 1 N–H and O–H groups in total. The highest BCUT2D eigenvalue weighted by Crippen LogP contribution is 2.40. The lowest BCUT2D eigenvalue weighted by atomic mass is 9.79. The van der Waals surface area contributed by atoms with E-state index in [2.05, 4.69) is 29.6 Å². The molecular formula is C20H23NO2. The summed E-state index contributed by atoms with van der Waals surface area (Å²) in [6.45, 7) is 0.696. The van der Waals surface area contributed by atoms with Gasteiger partial charge in [0.2, 0.25) is 0 Å². The zero-order valence-electron chi connectivity index (χ0n) is 13.5. The summed E-state index contributed by atoms with van der Waals surface area (Å²) in [5.74, 6) is 0.743. The van der Waals surface area contributed by atoms with Crippen LogP contribution in [-0.4, -0.2) is 19.6 Å². The Bertz CT molecular complexity index is 643. The topological polar surface area (TPSA) is 38.3 Å². The normalized spacial score (nSPS) is 16.0. The maximum Gasteiger partial charge on any atom is 0.251 e. The third kappa shape index (κ3) is 3.39. The van der Waals surface area contributed by atoms with Crippen molar-refractivity contribution in [2.24, 2.45) is 0 Å². The molecule has 3 heteroatoms. The van der Waals surface area contributed by atoms with Crippen LogP contribution >= 0.6 is 0 Å². The van der Waals surface area contributed by atoms with Crippen LogP contribution in [0.25, 0.3) is 0 Å². The molecule has 23 heavy (non-hydrogen) atoms. The highest BCUT2D eigenvalue weighted by molar-refractivity contribution is 5.94. The first-order valence-corrected chi connectivity index (χ1v) is 8.21. The van der Waals surface area contributed by atoms with Crippen molar-refractivity contribution in [3.05, 3.63) is 65.7 Å². The number of carbonyl (C=O) groups excluding carboxylic acids is 1. The fourth-order valence-electron chi connectivity index (χ4n) is 3.50. The molecule has 2 aromatic carbocycles. The van der Waals surface area contributed by atoms with E-state index in [9.17, 15) is 4.79 Å². The number of benzene rings is 2. The van der Waals surface area contributed by atoms with Crippen LogP contribution in [0.2, 0.25) is 0 Å². The molecule has 1 aliphatic rings. The molecule has 2 aromatic rings. The lowest BCUT2D eigenvalue weighted by Crippen LogP contribution is -2.39. The molecule has 0 atom stereocenters. The Labute approximate surface area is 137 Å². The molecule has 0 aromatic heterocycles. The van der Waals surface area contributed by atoms with E-state index in [4.69, 9.17) is 4.74 Å². The van der Waals surface area contributed by atoms with Gasteiger partial charge >= 0.3 is 0 Å². The Morgan fingerprint density at radius 1 is 1.04 bits per heavy atom. The first-order chi connectivity index (χ1) is 11.2. The number of nitrogens with one attached hydrogen (secondary N) is 1. The predicted octanol–water partition coefficient (Wildman–Crippen LogP) is 3.94. The van der Waals surface area contributed by atoms with E-state index < -0.39 is 0 Å². The predicted molar refractivity (Wildman–Crippen MR) is 91.9 cm³/mol. The minimum atomic E-state index is -0.0186. The molecule has 3 nitrogen and oxygen atoms in total. The van der Waals surface area contributed by atoms with Crippen LogP contribution in [-0.2, 0) is 5.41 Å². The number of carbonyl (C=O) groups is 1. The van der Waals surface area contributed by atoms with Crippen LogP contribution < -0.4 is 10.1 Å². The zero-order chi connectivity index (χ0) is 16.1. The third-order valence-electron chi connectivity index (χ3n) is 4.89. The molecular weight excluding hydrogens is 286 g/mol. The summed E-state index contributed by atoms with van der Waals surface area (Å²) in [4.78, 5) is 12.4. The fraction of sp³-hybridized carbons (Fsp3) is 0.350. The Hall–Kier alpha value is -2.29. The SMILES string of the molecule is COc1ccc(C(=O)NCC2(c3ccccc3)CCCC2)cc1. The number of methoxy groups -OCH3 is 1. The number of hydrogen-bond acceptors (Lipinski definition) is 2. The Kier molecular flexibility index (Phi) is 4.65. The number of hydrogen-bond donors (Lipinski definition) is 1. The van der Waals surface area contributed by atoms with Gasteiger partial charge < -0.3 is 10.1 Å². The molecule has 120 valence electrons. The molecule has 0 aliphatic heterocycles. The van der Waals surface area contributed by atoms with Crippen LogP contribution in [0.5, 0.6) is 5.75 Å². The van der Waals surface area contributed by atoms with Gasteiger partial charge in [-0.2, -0.15) is 0 Å². The lowest BCUT2D eigenvalue weighted by Gasteiger charge is -2.30. The van der Waals surface area contributed by atoms with E-state index in [0.717, 1.165) is 18.6 Å². The molecule has 0 saturated heterocycles. The van der Waals surface area contributed by atoms with E-state index in [1.807, 2.05) is 18.2 Å².